The molecular formula is C18H16N4S. The molecule has 2 aromatic heterocycles. The van der Waals surface area contributed by atoms with Crippen molar-refractivity contribution >= 4 is 28.3 Å². The van der Waals surface area contributed by atoms with Crippen molar-refractivity contribution in [1.29, 1.82) is 0 Å². The van der Waals surface area contributed by atoms with Crippen LogP contribution in [0.5, 0.6) is 0 Å². The lowest BCUT2D eigenvalue weighted by atomic mass is 10.1. The Morgan fingerprint density at radius 3 is 2.74 bits per heavy atom. The second-order valence-electron chi connectivity index (χ2n) is 5.42. The summed E-state index contributed by atoms with van der Waals surface area (Å²) >= 11 is 1.68. The quantitative estimate of drug-likeness (QED) is 0.577. The topological polar surface area (TPSA) is 53.6 Å². The third kappa shape index (κ3) is 2.83. The van der Waals surface area contributed by atoms with Crippen molar-refractivity contribution in [2.24, 2.45) is 0 Å². The van der Waals surface area contributed by atoms with E-state index in [9.17, 15) is 0 Å². The molecule has 23 heavy (non-hydrogen) atoms. The van der Waals surface area contributed by atoms with Crippen LogP contribution in [0.3, 0.4) is 0 Å². The van der Waals surface area contributed by atoms with E-state index in [1.807, 2.05) is 24.3 Å². The zero-order valence-corrected chi connectivity index (χ0v) is 13.5. The number of aromatic nitrogens is 3. The minimum absolute atomic E-state index is 0.655. The van der Waals surface area contributed by atoms with Crippen molar-refractivity contribution in [2.75, 3.05) is 5.32 Å². The monoisotopic (exact) mass is 320 g/mol. The lowest BCUT2D eigenvalue weighted by molar-refractivity contribution is 1.04. The van der Waals surface area contributed by atoms with Gasteiger partial charge < -0.3 is 10.3 Å². The van der Waals surface area contributed by atoms with E-state index >= 15 is 0 Å². The Hall–Kier alpha value is -2.66. The van der Waals surface area contributed by atoms with Crippen molar-refractivity contribution in [2.45, 2.75) is 13.5 Å². The number of rotatable bonds is 4. The van der Waals surface area contributed by atoms with Crippen molar-refractivity contribution < 1.29 is 0 Å². The number of hydrogen-bond acceptors (Lipinski definition) is 4. The van der Waals surface area contributed by atoms with Gasteiger partial charge in [0.15, 0.2) is 0 Å². The number of anilines is 1. The number of aromatic amines is 1. The highest BCUT2D eigenvalue weighted by Crippen LogP contribution is 2.26. The highest BCUT2D eigenvalue weighted by Gasteiger charge is 2.07. The molecule has 0 aliphatic carbocycles. The minimum Gasteiger partial charge on any atom is -0.350 e. The second kappa shape index (κ2) is 5.85. The van der Waals surface area contributed by atoms with Crippen LogP contribution in [0.4, 0.5) is 5.95 Å². The van der Waals surface area contributed by atoms with Gasteiger partial charge in [0.05, 0.1) is 23.3 Å². The number of H-pyrrole nitrogens is 1. The van der Waals surface area contributed by atoms with Crippen LogP contribution in [0, 0.1) is 6.92 Å². The van der Waals surface area contributed by atoms with E-state index < -0.39 is 0 Å². The van der Waals surface area contributed by atoms with E-state index in [4.69, 9.17) is 4.98 Å². The molecule has 0 spiro atoms. The van der Waals surface area contributed by atoms with Gasteiger partial charge in [0.1, 0.15) is 5.01 Å². The Labute approximate surface area is 138 Å². The number of aryl methyl sites for hydroxylation is 1. The first-order valence-corrected chi connectivity index (χ1v) is 8.36. The molecule has 2 aromatic carbocycles. The van der Waals surface area contributed by atoms with E-state index in [1.165, 1.54) is 11.1 Å². The SMILES string of the molecule is Cc1ccccc1-c1nc(CNc2nc3ccccc3[nH]2)cs1. The van der Waals surface area contributed by atoms with Crippen LogP contribution in [0.15, 0.2) is 53.9 Å². The summed E-state index contributed by atoms with van der Waals surface area (Å²) in [6.45, 7) is 2.77. The minimum atomic E-state index is 0.655. The highest BCUT2D eigenvalue weighted by atomic mass is 32.1. The predicted octanol–water partition coefficient (Wildman–Crippen LogP) is 4.61. The number of imidazole rings is 1. The van der Waals surface area contributed by atoms with E-state index in [2.05, 4.69) is 51.9 Å². The van der Waals surface area contributed by atoms with Gasteiger partial charge in [-0.1, -0.05) is 36.4 Å². The zero-order valence-electron chi connectivity index (χ0n) is 12.7. The van der Waals surface area contributed by atoms with E-state index in [0.29, 0.717) is 6.54 Å². The summed E-state index contributed by atoms with van der Waals surface area (Å²) in [7, 11) is 0. The molecule has 0 atom stereocenters. The molecular weight excluding hydrogens is 304 g/mol. The maximum Gasteiger partial charge on any atom is 0.201 e. The number of nitrogens with one attached hydrogen (secondary N) is 2. The van der Waals surface area contributed by atoms with Gasteiger partial charge in [-0.2, -0.15) is 0 Å². The molecule has 0 saturated carbocycles. The lowest BCUT2D eigenvalue weighted by Crippen LogP contribution is -2.01. The molecule has 114 valence electrons. The van der Waals surface area contributed by atoms with E-state index in [0.717, 1.165) is 27.7 Å². The van der Waals surface area contributed by atoms with Crippen LogP contribution in [0.2, 0.25) is 0 Å². The average Bonchev–Trinajstić information content (AvgIpc) is 3.19. The fourth-order valence-corrected chi connectivity index (χ4v) is 3.45. The van der Waals surface area contributed by atoms with Crippen LogP contribution in [0.25, 0.3) is 21.6 Å². The van der Waals surface area contributed by atoms with Gasteiger partial charge in [-0.15, -0.1) is 11.3 Å². The van der Waals surface area contributed by atoms with Crippen LogP contribution >= 0.6 is 11.3 Å². The van der Waals surface area contributed by atoms with Gasteiger partial charge in [-0.05, 0) is 24.6 Å². The summed E-state index contributed by atoms with van der Waals surface area (Å²) in [6, 6.07) is 16.3. The Bertz CT molecular complexity index is 921. The third-order valence-electron chi connectivity index (χ3n) is 3.75. The molecule has 4 nitrogen and oxygen atoms in total. The number of hydrogen-bond donors (Lipinski definition) is 2. The average molecular weight is 320 g/mol. The number of para-hydroxylation sites is 2. The number of nitrogens with zero attached hydrogens (tertiary/aromatic N) is 2. The molecule has 0 radical (unpaired) electrons. The summed E-state index contributed by atoms with van der Waals surface area (Å²) in [5.74, 6) is 0.775. The molecule has 0 aliphatic heterocycles. The molecule has 0 amide bonds. The fourth-order valence-electron chi connectivity index (χ4n) is 2.54. The molecule has 0 saturated heterocycles. The fraction of sp³-hybridized carbons (Fsp3) is 0.111. The lowest BCUT2D eigenvalue weighted by Gasteiger charge is -2.01. The maximum atomic E-state index is 4.72. The molecule has 0 unspecified atom stereocenters. The molecule has 5 heteroatoms. The van der Waals surface area contributed by atoms with E-state index in [1.54, 1.807) is 11.3 Å². The Kier molecular flexibility index (Phi) is 3.55. The Balaban J connectivity index is 1.51. The molecule has 0 aliphatic rings. The van der Waals surface area contributed by atoms with Crippen molar-refractivity contribution in [3.05, 3.63) is 65.2 Å². The molecule has 0 fully saturated rings. The van der Waals surface area contributed by atoms with Crippen molar-refractivity contribution in [1.82, 2.24) is 15.0 Å². The standard InChI is InChI=1S/C18H16N4S/c1-12-6-2-3-7-14(12)17-20-13(11-23-17)10-19-18-21-15-8-4-5-9-16(15)22-18/h2-9,11H,10H2,1H3,(H2,19,21,22). The molecule has 0 bridgehead atoms. The normalized spacial score (nSPS) is 11.0. The van der Waals surface area contributed by atoms with Gasteiger partial charge in [0.2, 0.25) is 5.95 Å². The van der Waals surface area contributed by atoms with Gasteiger partial charge >= 0.3 is 0 Å². The predicted molar refractivity (Wildman–Crippen MR) is 95.7 cm³/mol. The van der Waals surface area contributed by atoms with Gasteiger partial charge in [-0.25, -0.2) is 9.97 Å². The molecule has 2 heterocycles. The summed E-state index contributed by atoms with van der Waals surface area (Å²) in [6.07, 6.45) is 0. The summed E-state index contributed by atoms with van der Waals surface area (Å²) in [5.41, 5.74) is 5.47. The van der Waals surface area contributed by atoms with Crippen molar-refractivity contribution in [3.63, 3.8) is 0 Å². The smallest absolute Gasteiger partial charge is 0.201 e. The molecule has 4 rings (SSSR count). The van der Waals surface area contributed by atoms with Gasteiger partial charge in [-0.3, -0.25) is 0 Å². The van der Waals surface area contributed by atoms with Crippen LogP contribution in [0.1, 0.15) is 11.3 Å². The summed E-state index contributed by atoms with van der Waals surface area (Å²) in [5, 5.41) is 6.46. The van der Waals surface area contributed by atoms with Gasteiger partial charge in [0.25, 0.3) is 0 Å². The first kappa shape index (κ1) is 14.0. The highest BCUT2D eigenvalue weighted by molar-refractivity contribution is 7.13. The van der Waals surface area contributed by atoms with Crippen molar-refractivity contribution in [3.8, 4) is 10.6 Å². The first-order chi connectivity index (χ1) is 11.3. The maximum absolute atomic E-state index is 4.72. The Morgan fingerprint density at radius 2 is 1.87 bits per heavy atom. The number of thiazole rings is 1. The van der Waals surface area contributed by atoms with Crippen LogP contribution in [-0.4, -0.2) is 15.0 Å². The summed E-state index contributed by atoms with van der Waals surface area (Å²) in [4.78, 5) is 12.5. The van der Waals surface area contributed by atoms with Crippen LogP contribution in [-0.2, 0) is 6.54 Å². The zero-order chi connectivity index (χ0) is 15.6. The van der Waals surface area contributed by atoms with E-state index in [-0.39, 0.29) is 0 Å². The molecule has 2 N–H and O–H groups in total. The largest absolute Gasteiger partial charge is 0.350 e. The Morgan fingerprint density at radius 1 is 1.04 bits per heavy atom. The number of benzene rings is 2. The third-order valence-corrected chi connectivity index (χ3v) is 4.68. The molecule has 4 aromatic rings. The summed E-state index contributed by atoms with van der Waals surface area (Å²) < 4.78 is 0. The van der Waals surface area contributed by atoms with Crippen LogP contribution < -0.4 is 5.32 Å². The van der Waals surface area contributed by atoms with Gasteiger partial charge in [0, 0.05) is 10.9 Å². The second-order valence-corrected chi connectivity index (χ2v) is 6.27. The first-order valence-electron chi connectivity index (χ1n) is 7.48. The number of fused-ring (bicyclic) bond motifs is 1.